The largest absolute Gasteiger partial charge is 0.489 e. The fraction of sp³-hybridized carbons (Fsp3) is 0.438. The van der Waals surface area contributed by atoms with Gasteiger partial charge in [0, 0.05) is 42.1 Å². The van der Waals surface area contributed by atoms with Gasteiger partial charge in [-0.25, -0.2) is 0 Å². The molecule has 5 nitrogen and oxygen atoms in total. The number of nitrogens with two attached hydrogens (primary N) is 1. The van der Waals surface area contributed by atoms with Gasteiger partial charge in [-0.15, -0.1) is 0 Å². The molecule has 0 bridgehead atoms. The fourth-order valence-corrected chi connectivity index (χ4v) is 4.06. The van der Waals surface area contributed by atoms with Gasteiger partial charge in [0.1, 0.15) is 29.5 Å². The number of hydrogen-bond acceptors (Lipinski definition) is 4. The van der Waals surface area contributed by atoms with E-state index in [0.29, 0.717) is 5.82 Å². The number of hydrogen-bond donors (Lipinski definition) is 1. The molecule has 2 aromatic rings. The number of nitrogens with zero attached hydrogens (tertiary/aromatic N) is 2. The molecule has 1 aromatic heterocycles. The normalized spacial score (nSPS) is 22.2. The van der Waals surface area contributed by atoms with Crippen molar-refractivity contribution in [2.45, 2.75) is 38.9 Å². The Bertz CT molecular complexity index is 745. The van der Waals surface area contributed by atoms with Crippen molar-refractivity contribution >= 4 is 21.7 Å². The Morgan fingerprint density at radius 1 is 1.18 bits per heavy atom. The first-order chi connectivity index (χ1) is 10.5. The highest BCUT2D eigenvalue weighted by atomic mass is 79.9. The van der Waals surface area contributed by atoms with Gasteiger partial charge in [-0.05, 0) is 29.8 Å². The lowest BCUT2D eigenvalue weighted by atomic mass is 9.94. The van der Waals surface area contributed by atoms with Crippen molar-refractivity contribution in [3.63, 3.8) is 0 Å². The summed E-state index contributed by atoms with van der Waals surface area (Å²) in [6, 6.07) is 0. The minimum atomic E-state index is 0.155. The zero-order valence-electron chi connectivity index (χ0n) is 12.8. The summed E-state index contributed by atoms with van der Waals surface area (Å²) in [6.07, 6.45) is 3.84. The molecule has 1 aromatic carbocycles. The molecule has 2 aliphatic rings. The maximum atomic E-state index is 6.22. The Morgan fingerprint density at radius 2 is 1.82 bits per heavy atom. The Kier molecular flexibility index (Phi) is 2.95. The molecule has 0 aliphatic carbocycles. The number of fused-ring (bicyclic) bond motifs is 2. The summed E-state index contributed by atoms with van der Waals surface area (Å²) >= 11 is 3.71. The molecule has 6 heteroatoms. The van der Waals surface area contributed by atoms with E-state index < -0.39 is 0 Å². The minimum absolute atomic E-state index is 0.155. The summed E-state index contributed by atoms with van der Waals surface area (Å²) < 4.78 is 14.9. The molecular weight excluding hydrogens is 346 g/mol. The topological polar surface area (TPSA) is 62.3 Å². The summed E-state index contributed by atoms with van der Waals surface area (Å²) in [5.41, 5.74) is 10.5. The molecule has 3 heterocycles. The highest BCUT2D eigenvalue weighted by molar-refractivity contribution is 9.10. The van der Waals surface area contributed by atoms with Gasteiger partial charge in [-0.2, -0.15) is 5.10 Å². The second-order valence-corrected chi connectivity index (χ2v) is 6.93. The molecule has 0 amide bonds. The zero-order chi connectivity index (χ0) is 15.6. The van der Waals surface area contributed by atoms with Crippen LogP contribution in [0.2, 0.25) is 0 Å². The van der Waals surface area contributed by atoms with Crippen LogP contribution in [-0.2, 0) is 19.9 Å². The molecule has 0 saturated heterocycles. The average Bonchev–Trinajstić information content (AvgIpc) is 3.12. The van der Waals surface area contributed by atoms with E-state index in [2.05, 4.69) is 34.9 Å². The summed E-state index contributed by atoms with van der Waals surface area (Å²) in [7, 11) is 1.85. The first-order valence-corrected chi connectivity index (χ1v) is 8.25. The van der Waals surface area contributed by atoms with E-state index >= 15 is 0 Å². The van der Waals surface area contributed by atoms with Gasteiger partial charge in [0.2, 0.25) is 0 Å². The second-order valence-electron chi connectivity index (χ2n) is 6.14. The molecule has 2 aliphatic heterocycles. The summed E-state index contributed by atoms with van der Waals surface area (Å²) in [6.45, 7) is 4.16. The quantitative estimate of drug-likeness (QED) is 0.845. The van der Waals surface area contributed by atoms with Crippen LogP contribution in [0, 0.1) is 0 Å². The lowest BCUT2D eigenvalue weighted by Crippen LogP contribution is -2.07. The lowest BCUT2D eigenvalue weighted by Gasteiger charge is -2.15. The van der Waals surface area contributed by atoms with Crippen LogP contribution in [0.1, 0.15) is 25.0 Å². The molecule has 116 valence electrons. The molecule has 0 fully saturated rings. The average molecular weight is 364 g/mol. The van der Waals surface area contributed by atoms with E-state index in [1.165, 1.54) is 5.56 Å². The van der Waals surface area contributed by atoms with Crippen LogP contribution in [0.5, 0.6) is 11.5 Å². The third kappa shape index (κ3) is 1.79. The van der Waals surface area contributed by atoms with E-state index in [4.69, 9.17) is 15.2 Å². The zero-order valence-corrected chi connectivity index (χ0v) is 14.4. The number of aromatic nitrogens is 2. The van der Waals surface area contributed by atoms with Crippen molar-refractivity contribution in [2.75, 3.05) is 5.73 Å². The fourth-order valence-electron chi connectivity index (χ4n) is 3.39. The second kappa shape index (κ2) is 4.65. The lowest BCUT2D eigenvalue weighted by molar-refractivity contribution is 0.253. The van der Waals surface area contributed by atoms with Gasteiger partial charge in [-0.3, -0.25) is 4.68 Å². The van der Waals surface area contributed by atoms with Crippen LogP contribution in [0.3, 0.4) is 0 Å². The molecule has 0 saturated carbocycles. The van der Waals surface area contributed by atoms with Crippen molar-refractivity contribution in [1.29, 1.82) is 0 Å². The molecule has 4 rings (SSSR count). The first-order valence-electron chi connectivity index (χ1n) is 7.45. The number of nitrogen functional groups attached to an aromatic ring is 1. The number of benzene rings is 1. The van der Waals surface area contributed by atoms with E-state index in [1.54, 1.807) is 4.68 Å². The Labute approximate surface area is 137 Å². The molecule has 22 heavy (non-hydrogen) atoms. The monoisotopic (exact) mass is 363 g/mol. The summed E-state index contributed by atoms with van der Waals surface area (Å²) in [4.78, 5) is 0. The maximum Gasteiger partial charge on any atom is 0.138 e. The smallest absolute Gasteiger partial charge is 0.138 e. The van der Waals surface area contributed by atoms with Crippen molar-refractivity contribution < 1.29 is 9.47 Å². The predicted molar refractivity (Wildman–Crippen MR) is 88.3 cm³/mol. The van der Waals surface area contributed by atoms with Crippen molar-refractivity contribution in [3.05, 3.63) is 21.8 Å². The van der Waals surface area contributed by atoms with E-state index in [9.17, 15) is 0 Å². The van der Waals surface area contributed by atoms with Gasteiger partial charge in [0.15, 0.2) is 0 Å². The Hall–Kier alpha value is -1.69. The van der Waals surface area contributed by atoms with Crippen LogP contribution < -0.4 is 15.2 Å². The van der Waals surface area contributed by atoms with Gasteiger partial charge >= 0.3 is 0 Å². The van der Waals surface area contributed by atoms with Crippen LogP contribution in [-0.4, -0.2) is 22.0 Å². The molecule has 0 spiro atoms. The van der Waals surface area contributed by atoms with Gasteiger partial charge in [0.25, 0.3) is 0 Å². The molecule has 0 radical (unpaired) electrons. The number of rotatable bonds is 1. The SMILES string of the molecule is CC1Cc2c(c(Br)c3c(c2-c2cnn(C)c2N)OC(C)C3)O1. The van der Waals surface area contributed by atoms with Gasteiger partial charge in [-0.1, -0.05) is 0 Å². The molecule has 2 unspecified atom stereocenters. The van der Waals surface area contributed by atoms with Crippen molar-refractivity contribution in [3.8, 4) is 22.6 Å². The highest BCUT2D eigenvalue weighted by Gasteiger charge is 2.36. The molecule has 2 atom stereocenters. The van der Waals surface area contributed by atoms with E-state index in [0.717, 1.165) is 45.5 Å². The molecule has 2 N–H and O–H groups in total. The van der Waals surface area contributed by atoms with E-state index in [-0.39, 0.29) is 12.2 Å². The third-order valence-electron chi connectivity index (χ3n) is 4.42. The van der Waals surface area contributed by atoms with Gasteiger partial charge in [0.05, 0.1) is 10.7 Å². The van der Waals surface area contributed by atoms with Crippen LogP contribution in [0.25, 0.3) is 11.1 Å². The van der Waals surface area contributed by atoms with E-state index in [1.807, 2.05) is 13.2 Å². The standard InChI is InChI=1S/C16H18BrN3O2/c1-7-4-9-12(11-6-19-20(3)16(11)18)14-10(5-8(2)21-14)13(17)15(9)22-7/h6-8H,4-5,18H2,1-3H3. The van der Waals surface area contributed by atoms with Crippen LogP contribution in [0.15, 0.2) is 10.7 Å². The third-order valence-corrected chi connectivity index (χ3v) is 5.26. The minimum Gasteiger partial charge on any atom is -0.489 e. The van der Waals surface area contributed by atoms with Crippen molar-refractivity contribution in [2.24, 2.45) is 7.05 Å². The van der Waals surface area contributed by atoms with Gasteiger partial charge < -0.3 is 15.2 Å². The van der Waals surface area contributed by atoms with Crippen molar-refractivity contribution in [1.82, 2.24) is 9.78 Å². The number of aryl methyl sites for hydroxylation is 1. The number of anilines is 1. The number of ether oxygens (including phenoxy) is 2. The summed E-state index contributed by atoms with van der Waals surface area (Å²) in [5, 5.41) is 4.29. The summed E-state index contributed by atoms with van der Waals surface area (Å²) in [5.74, 6) is 2.51. The Balaban J connectivity index is 2.04. The molecular formula is C16H18BrN3O2. The Morgan fingerprint density at radius 3 is 2.45 bits per heavy atom. The first kappa shape index (κ1) is 13.9. The van der Waals surface area contributed by atoms with Crippen LogP contribution >= 0.6 is 15.9 Å². The number of halogens is 1. The highest BCUT2D eigenvalue weighted by Crippen LogP contribution is 2.53. The predicted octanol–water partition coefficient (Wildman–Crippen LogP) is 3.08. The maximum absolute atomic E-state index is 6.22. The van der Waals surface area contributed by atoms with Crippen LogP contribution in [0.4, 0.5) is 5.82 Å².